The van der Waals surface area contributed by atoms with Crippen LogP contribution < -0.4 is 4.90 Å². The van der Waals surface area contributed by atoms with Crippen molar-refractivity contribution in [2.45, 2.75) is 25.7 Å². The molecule has 23 heavy (non-hydrogen) atoms. The Labute approximate surface area is 145 Å². The lowest BCUT2D eigenvalue weighted by Gasteiger charge is -2.36. The summed E-state index contributed by atoms with van der Waals surface area (Å²) in [5, 5.41) is 9.87. The molecule has 0 N–H and O–H groups in total. The molecule has 0 saturated carbocycles. The lowest BCUT2D eigenvalue weighted by atomic mass is 9.91. The Morgan fingerprint density at radius 2 is 1.57 bits per heavy atom. The molecular weight excluding hydrogens is 329 g/mol. The fourth-order valence-electron chi connectivity index (χ4n) is 3.52. The highest BCUT2D eigenvalue weighted by molar-refractivity contribution is 6.35. The van der Waals surface area contributed by atoms with E-state index < -0.39 is 0 Å². The van der Waals surface area contributed by atoms with Crippen molar-refractivity contribution in [3.05, 3.63) is 51.5 Å². The van der Waals surface area contributed by atoms with Gasteiger partial charge in [-0.25, -0.2) is 0 Å². The predicted octanol–water partition coefficient (Wildman–Crippen LogP) is 6.11. The summed E-state index contributed by atoms with van der Waals surface area (Å²) < 4.78 is 0. The van der Waals surface area contributed by atoms with Crippen molar-refractivity contribution in [2.75, 3.05) is 18.0 Å². The number of hydrogen-bond acceptors (Lipinski definition) is 3. The third-order valence-electron chi connectivity index (χ3n) is 4.50. The first-order valence-corrected chi connectivity index (χ1v) is 8.74. The minimum Gasteiger partial charge on any atom is -0.371 e. The molecule has 4 rings (SSSR count). The average Bonchev–Trinajstić information content (AvgIpc) is 2.56. The molecule has 0 atom stereocenters. The molecular formula is C18H17Cl2N3. The van der Waals surface area contributed by atoms with Gasteiger partial charge in [-0.1, -0.05) is 23.2 Å². The van der Waals surface area contributed by atoms with E-state index >= 15 is 0 Å². The van der Waals surface area contributed by atoms with Crippen LogP contribution in [-0.4, -0.2) is 13.1 Å². The SMILES string of the molecule is Clc1ccc(Cl)c(N=Nc2cc3c4c(c2)CCCN4CCC3)c1. The number of aryl methyl sites for hydroxylation is 2. The van der Waals surface area contributed by atoms with Crippen LogP contribution in [0.3, 0.4) is 0 Å². The number of benzene rings is 2. The molecule has 2 aromatic carbocycles. The number of nitrogens with zero attached hydrogens (tertiary/aromatic N) is 3. The Morgan fingerprint density at radius 3 is 2.26 bits per heavy atom. The smallest absolute Gasteiger partial charge is 0.106 e. The van der Waals surface area contributed by atoms with Crippen molar-refractivity contribution in [1.82, 2.24) is 0 Å². The van der Waals surface area contributed by atoms with Crippen LogP contribution in [0.2, 0.25) is 10.0 Å². The lowest BCUT2D eigenvalue weighted by Crippen LogP contribution is -2.34. The molecule has 0 bridgehead atoms. The van der Waals surface area contributed by atoms with Gasteiger partial charge in [-0.05, 0) is 67.1 Å². The maximum Gasteiger partial charge on any atom is 0.106 e. The molecule has 0 amide bonds. The predicted molar refractivity (Wildman–Crippen MR) is 95.9 cm³/mol. The van der Waals surface area contributed by atoms with E-state index in [2.05, 4.69) is 27.3 Å². The zero-order valence-electron chi connectivity index (χ0n) is 12.7. The first kappa shape index (κ1) is 15.0. The molecule has 2 aromatic rings. The van der Waals surface area contributed by atoms with Crippen LogP contribution in [0.25, 0.3) is 0 Å². The molecule has 5 heteroatoms. The summed E-state index contributed by atoms with van der Waals surface area (Å²) in [5.41, 5.74) is 5.76. The fourth-order valence-corrected chi connectivity index (χ4v) is 3.84. The summed E-state index contributed by atoms with van der Waals surface area (Å²) in [7, 11) is 0. The van der Waals surface area contributed by atoms with Gasteiger partial charge in [0.15, 0.2) is 0 Å². The van der Waals surface area contributed by atoms with Gasteiger partial charge in [-0.3, -0.25) is 0 Å². The van der Waals surface area contributed by atoms with Gasteiger partial charge in [-0.15, -0.1) is 5.11 Å². The second-order valence-electron chi connectivity index (χ2n) is 6.10. The second kappa shape index (κ2) is 6.14. The highest BCUT2D eigenvalue weighted by Gasteiger charge is 2.24. The van der Waals surface area contributed by atoms with Crippen LogP contribution in [0.4, 0.5) is 17.1 Å². The fraction of sp³-hybridized carbons (Fsp3) is 0.333. The summed E-state index contributed by atoms with van der Waals surface area (Å²) in [6.45, 7) is 2.36. The minimum atomic E-state index is 0.559. The zero-order valence-corrected chi connectivity index (χ0v) is 14.2. The molecule has 2 heterocycles. The monoisotopic (exact) mass is 345 g/mol. The Kier molecular flexibility index (Phi) is 4.00. The highest BCUT2D eigenvalue weighted by atomic mass is 35.5. The number of rotatable bonds is 2. The lowest BCUT2D eigenvalue weighted by molar-refractivity contribution is 0.634. The quantitative estimate of drug-likeness (QED) is 0.603. The van der Waals surface area contributed by atoms with E-state index in [1.807, 2.05) is 0 Å². The maximum atomic E-state index is 6.15. The van der Waals surface area contributed by atoms with Gasteiger partial charge >= 0.3 is 0 Å². The summed E-state index contributed by atoms with van der Waals surface area (Å²) in [5.74, 6) is 0. The van der Waals surface area contributed by atoms with Crippen LogP contribution in [0, 0.1) is 0 Å². The van der Waals surface area contributed by atoms with E-state index in [0.717, 1.165) is 18.5 Å². The molecule has 0 spiro atoms. The molecule has 0 unspecified atom stereocenters. The summed E-state index contributed by atoms with van der Waals surface area (Å²) in [6, 6.07) is 9.56. The third kappa shape index (κ3) is 2.96. The molecule has 0 radical (unpaired) electrons. The van der Waals surface area contributed by atoms with Gasteiger partial charge < -0.3 is 4.90 Å². The van der Waals surface area contributed by atoms with Crippen molar-refractivity contribution in [2.24, 2.45) is 10.2 Å². The molecule has 118 valence electrons. The van der Waals surface area contributed by atoms with Gasteiger partial charge in [0, 0.05) is 23.8 Å². The minimum absolute atomic E-state index is 0.559. The second-order valence-corrected chi connectivity index (χ2v) is 6.95. The van der Waals surface area contributed by atoms with Crippen molar-refractivity contribution in [1.29, 1.82) is 0 Å². The molecule has 2 aliphatic heterocycles. The number of azo groups is 1. The zero-order chi connectivity index (χ0) is 15.8. The summed E-state index contributed by atoms with van der Waals surface area (Å²) in [6.07, 6.45) is 4.68. The topological polar surface area (TPSA) is 28.0 Å². The van der Waals surface area contributed by atoms with Crippen molar-refractivity contribution < 1.29 is 0 Å². The molecule has 2 aliphatic rings. The maximum absolute atomic E-state index is 6.15. The van der Waals surface area contributed by atoms with E-state index in [4.69, 9.17) is 23.2 Å². The van der Waals surface area contributed by atoms with Crippen molar-refractivity contribution >= 4 is 40.3 Å². The first-order valence-electron chi connectivity index (χ1n) is 7.98. The largest absolute Gasteiger partial charge is 0.371 e. The Balaban J connectivity index is 1.70. The van der Waals surface area contributed by atoms with E-state index in [1.54, 1.807) is 18.2 Å². The van der Waals surface area contributed by atoms with Gasteiger partial charge in [0.05, 0.1) is 10.7 Å². The molecule has 0 aliphatic carbocycles. The van der Waals surface area contributed by atoms with Crippen LogP contribution >= 0.6 is 23.2 Å². The van der Waals surface area contributed by atoms with Crippen molar-refractivity contribution in [3.63, 3.8) is 0 Å². The average molecular weight is 346 g/mol. The third-order valence-corrected chi connectivity index (χ3v) is 5.05. The molecule has 0 aromatic heterocycles. The van der Waals surface area contributed by atoms with Gasteiger partial charge in [0.2, 0.25) is 0 Å². The Hall–Kier alpha value is -1.58. The highest BCUT2D eigenvalue weighted by Crippen LogP contribution is 2.38. The van der Waals surface area contributed by atoms with E-state index in [9.17, 15) is 0 Å². The van der Waals surface area contributed by atoms with Gasteiger partial charge in [0.1, 0.15) is 5.69 Å². The first-order chi connectivity index (χ1) is 11.2. The van der Waals surface area contributed by atoms with Gasteiger partial charge in [-0.2, -0.15) is 5.11 Å². The van der Waals surface area contributed by atoms with Crippen LogP contribution in [0.5, 0.6) is 0 Å². The standard InChI is InChI=1S/C18H17Cl2N3/c19-14-5-6-16(20)17(11-14)22-21-15-9-12-3-1-7-23-8-2-4-13(10-15)18(12)23/h5-6,9-11H,1-4,7-8H2. The van der Waals surface area contributed by atoms with Gasteiger partial charge in [0.25, 0.3) is 0 Å². The number of halogens is 2. The van der Waals surface area contributed by atoms with Crippen LogP contribution in [0.15, 0.2) is 40.6 Å². The van der Waals surface area contributed by atoms with Crippen LogP contribution in [-0.2, 0) is 12.8 Å². The number of hydrogen-bond donors (Lipinski definition) is 0. The summed E-state index contributed by atoms with van der Waals surface area (Å²) in [4.78, 5) is 2.52. The van der Waals surface area contributed by atoms with Crippen molar-refractivity contribution in [3.8, 4) is 0 Å². The van der Waals surface area contributed by atoms with Crippen LogP contribution in [0.1, 0.15) is 24.0 Å². The summed E-state index contributed by atoms with van der Waals surface area (Å²) >= 11 is 12.1. The molecule has 0 saturated heterocycles. The number of anilines is 1. The molecule has 3 nitrogen and oxygen atoms in total. The van der Waals surface area contributed by atoms with E-state index in [0.29, 0.717) is 15.7 Å². The Bertz CT molecular complexity index is 755. The molecule has 0 fully saturated rings. The van der Waals surface area contributed by atoms with E-state index in [1.165, 1.54) is 42.7 Å². The Morgan fingerprint density at radius 1 is 0.870 bits per heavy atom. The van der Waals surface area contributed by atoms with E-state index in [-0.39, 0.29) is 0 Å². The normalized spacial score (nSPS) is 16.7.